The fourth-order valence-electron chi connectivity index (χ4n) is 4.32. The fraction of sp³-hybridized carbons (Fsp3) is 0.818. The Labute approximate surface area is 144 Å². The number of rotatable bonds is 8. The van der Waals surface area contributed by atoms with Crippen molar-refractivity contribution in [1.82, 2.24) is 0 Å². The van der Waals surface area contributed by atoms with Crippen molar-refractivity contribution in [2.24, 2.45) is 11.8 Å². The highest BCUT2D eigenvalue weighted by Crippen LogP contribution is 2.31. The van der Waals surface area contributed by atoms with E-state index in [2.05, 4.69) is 26.0 Å². The predicted molar refractivity (Wildman–Crippen MR) is 100 cm³/mol. The molecule has 2 aliphatic carbocycles. The minimum absolute atomic E-state index is 0.943. The molecule has 0 atom stereocenters. The first kappa shape index (κ1) is 18.6. The molecule has 0 radical (unpaired) electrons. The van der Waals surface area contributed by atoms with Gasteiger partial charge < -0.3 is 4.74 Å². The van der Waals surface area contributed by atoms with Gasteiger partial charge >= 0.3 is 0 Å². The van der Waals surface area contributed by atoms with Crippen molar-refractivity contribution in [3.05, 3.63) is 23.7 Å². The first-order valence-corrected chi connectivity index (χ1v) is 10.3. The summed E-state index contributed by atoms with van der Waals surface area (Å²) in [7, 11) is 0. The summed E-state index contributed by atoms with van der Waals surface area (Å²) < 4.78 is 6.25. The van der Waals surface area contributed by atoms with E-state index in [4.69, 9.17) is 4.74 Å². The molecule has 2 rings (SSSR count). The van der Waals surface area contributed by atoms with Crippen LogP contribution < -0.4 is 0 Å². The van der Waals surface area contributed by atoms with E-state index in [9.17, 15) is 0 Å². The number of ether oxygens (including phenoxy) is 1. The van der Waals surface area contributed by atoms with Gasteiger partial charge in [-0.15, -0.1) is 0 Å². The number of allylic oxidation sites excluding steroid dienone is 4. The van der Waals surface area contributed by atoms with Crippen molar-refractivity contribution in [3.63, 3.8) is 0 Å². The molecular weight excluding hydrogens is 280 g/mol. The van der Waals surface area contributed by atoms with Crippen LogP contribution in [0.15, 0.2) is 23.7 Å². The Bertz CT molecular complexity index is 331. The molecule has 0 aromatic carbocycles. The number of hydrogen-bond acceptors (Lipinski definition) is 1. The summed E-state index contributed by atoms with van der Waals surface area (Å²) in [5, 5.41) is 0. The second-order valence-corrected chi connectivity index (χ2v) is 7.70. The van der Waals surface area contributed by atoms with E-state index < -0.39 is 0 Å². The summed E-state index contributed by atoms with van der Waals surface area (Å²) in [5.74, 6) is 4.29. The molecule has 0 aromatic rings. The summed E-state index contributed by atoms with van der Waals surface area (Å²) in [6.45, 7) is 4.26. The van der Waals surface area contributed by atoms with E-state index in [1.165, 1.54) is 88.6 Å². The van der Waals surface area contributed by atoms with Gasteiger partial charge in [-0.05, 0) is 50.7 Å². The van der Waals surface area contributed by atoms with E-state index in [0.29, 0.717) is 0 Å². The molecule has 0 amide bonds. The molecule has 2 saturated carbocycles. The van der Waals surface area contributed by atoms with Crippen LogP contribution in [0.25, 0.3) is 0 Å². The van der Waals surface area contributed by atoms with Gasteiger partial charge in [0, 0.05) is 12.8 Å². The number of hydrogen-bond donors (Lipinski definition) is 0. The van der Waals surface area contributed by atoms with Crippen molar-refractivity contribution in [2.75, 3.05) is 0 Å². The largest absolute Gasteiger partial charge is 0.467 e. The monoisotopic (exact) mass is 318 g/mol. The second kappa shape index (κ2) is 10.9. The molecule has 0 saturated heterocycles. The molecular formula is C22H38O. The van der Waals surface area contributed by atoms with Crippen LogP contribution in [0.3, 0.4) is 0 Å². The molecule has 1 nitrogen and oxygen atoms in total. The molecule has 0 N–H and O–H groups in total. The quantitative estimate of drug-likeness (QED) is 0.420. The molecule has 2 aliphatic rings. The summed E-state index contributed by atoms with van der Waals surface area (Å²) in [5.41, 5.74) is 0. The Balaban J connectivity index is 1.69. The van der Waals surface area contributed by atoms with Crippen LogP contribution in [0.4, 0.5) is 0 Å². The minimum atomic E-state index is 0.943. The third kappa shape index (κ3) is 7.14. The van der Waals surface area contributed by atoms with Gasteiger partial charge in [0.15, 0.2) is 0 Å². The van der Waals surface area contributed by atoms with E-state index in [-0.39, 0.29) is 0 Å². The molecule has 1 heteroatoms. The Hall–Kier alpha value is -0.720. The van der Waals surface area contributed by atoms with E-state index >= 15 is 0 Å². The standard InChI is InChI=1S/C22H38O/c1-3-21(17-15-19-11-7-5-8-12-19)23-22(4-2)18-16-20-13-9-6-10-14-20/h3-4,19-20H,5-18H2,1-2H3. The maximum Gasteiger partial charge on any atom is 0.0993 e. The lowest BCUT2D eigenvalue weighted by atomic mass is 9.85. The molecule has 23 heavy (non-hydrogen) atoms. The average molecular weight is 319 g/mol. The highest BCUT2D eigenvalue weighted by Gasteiger charge is 2.16. The van der Waals surface area contributed by atoms with Gasteiger partial charge in [0.25, 0.3) is 0 Å². The molecule has 0 aliphatic heterocycles. The van der Waals surface area contributed by atoms with Gasteiger partial charge in [0.1, 0.15) is 0 Å². The van der Waals surface area contributed by atoms with Crippen molar-refractivity contribution < 1.29 is 4.74 Å². The highest BCUT2D eigenvalue weighted by atomic mass is 16.5. The minimum Gasteiger partial charge on any atom is -0.467 e. The van der Waals surface area contributed by atoms with Crippen molar-refractivity contribution >= 4 is 0 Å². The van der Waals surface area contributed by atoms with E-state index in [1.54, 1.807) is 0 Å². The van der Waals surface area contributed by atoms with E-state index in [1.807, 2.05) is 0 Å². The smallest absolute Gasteiger partial charge is 0.0993 e. The van der Waals surface area contributed by atoms with E-state index in [0.717, 1.165) is 24.7 Å². The Kier molecular flexibility index (Phi) is 8.86. The van der Waals surface area contributed by atoms with Crippen LogP contribution in [0.2, 0.25) is 0 Å². The van der Waals surface area contributed by atoms with Gasteiger partial charge in [-0.25, -0.2) is 0 Å². The van der Waals surface area contributed by atoms with Crippen LogP contribution >= 0.6 is 0 Å². The Morgan fingerprint density at radius 2 is 1.09 bits per heavy atom. The molecule has 0 unspecified atom stereocenters. The van der Waals surface area contributed by atoms with Gasteiger partial charge in [0.2, 0.25) is 0 Å². The molecule has 0 heterocycles. The molecule has 2 fully saturated rings. The first-order valence-electron chi connectivity index (χ1n) is 10.3. The molecule has 0 bridgehead atoms. The van der Waals surface area contributed by atoms with Crippen molar-refractivity contribution in [3.8, 4) is 0 Å². The SMILES string of the molecule is CC=C(CCC1CCCCC1)OC(=CC)CCC1CCCCC1. The van der Waals surface area contributed by atoms with Crippen LogP contribution in [-0.4, -0.2) is 0 Å². The van der Waals surface area contributed by atoms with Crippen LogP contribution in [-0.2, 0) is 4.74 Å². The summed E-state index contributed by atoms with van der Waals surface area (Å²) in [6.07, 6.45) is 23.7. The third-order valence-corrected chi connectivity index (χ3v) is 5.95. The first-order chi connectivity index (χ1) is 11.3. The summed E-state index contributed by atoms with van der Waals surface area (Å²) in [6, 6.07) is 0. The van der Waals surface area contributed by atoms with Gasteiger partial charge in [0.05, 0.1) is 11.5 Å². The molecule has 0 aromatic heterocycles. The zero-order valence-corrected chi connectivity index (χ0v) is 15.6. The second-order valence-electron chi connectivity index (χ2n) is 7.70. The topological polar surface area (TPSA) is 9.23 Å². The maximum atomic E-state index is 6.25. The maximum absolute atomic E-state index is 6.25. The lowest BCUT2D eigenvalue weighted by Crippen LogP contribution is -2.08. The van der Waals surface area contributed by atoms with Crippen molar-refractivity contribution in [2.45, 2.75) is 104 Å². The molecule has 0 spiro atoms. The molecule has 132 valence electrons. The van der Waals surface area contributed by atoms with Crippen LogP contribution in [0, 0.1) is 11.8 Å². The normalized spacial score (nSPS) is 22.3. The summed E-state index contributed by atoms with van der Waals surface area (Å²) >= 11 is 0. The third-order valence-electron chi connectivity index (χ3n) is 5.95. The lowest BCUT2D eigenvalue weighted by molar-refractivity contribution is 0.242. The Morgan fingerprint density at radius 3 is 1.43 bits per heavy atom. The summed E-state index contributed by atoms with van der Waals surface area (Å²) in [4.78, 5) is 0. The van der Waals surface area contributed by atoms with Crippen LogP contribution in [0.1, 0.15) is 104 Å². The van der Waals surface area contributed by atoms with Gasteiger partial charge in [-0.3, -0.25) is 0 Å². The zero-order chi connectivity index (χ0) is 16.3. The lowest BCUT2D eigenvalue weighted by Gasteiger charge is -2.23. The predicted octanol–water partition coefficient (Wildman–Crippen LogP) is 7.53. The van der Waals surface area contributed by atoms with Crippen LogP contribution in [0.5, 0.6) is 0 Å². The zero-order valence-electron chi connectivity index (χ0n) is 15.6. The van der Waals surface area contributed by atoms with Crippen molar-refractivity contribution in [1.29, 1.82) is 0 Å². The average Bonchev–Trinajstić information content (AvgIpc) is 2.63. The van der Waals surface area contributed by atoms with Gasteiger partial charge in [-0.2, -0.15) is 0 Å². The fourth-order valence-corrected chi connectivity index (χ4v) is 4.32. The Morgan fingerprint density at radius 1 is 0.696 bits per heavy atom. The van der Waals surface area contributed by atoms with Gasteiger partial charge in [-0.1, -0.05) is 64.2 Å². The highest BCUT2D eigenvalue weighted by molar-refractivity contribution is 5.01.